The quantitative estimate of drug-likeness (QED) is 0.537. The fraction of sp³-hybridized carbons (Fsp3) is 0.188. The molecule has 2 aromatic carbocycles. The van der Waals surface area contributed by atoms with Crippen LogP contribution in [0.2, 0.25) is 5.02 Å². The van der Waals surface area contributed by atoms with Gasteiger partial charge in [0.25, 0.3) is 11.6 Å². The summed E-state index contributed by atoms with van der Waals surface area (Å²) in [5, 5.41) is 23.6. The molecule has 0 saturated heterocycles. The van der Waals surface area contributed by atoms with Crippen LogP contribution >= 0.6 is 27.5 Å². The molecule has 2 rings (SSSR count). The van der Waals surface area contributed by atoms with Crippen molar-refractivity contribution in [2.75, 3.05) is 0 Å². The van der Waals surface area contributed by atoms with Crippen molar-refractivity contribution in [1.29, 1.82) is 0 Å². The van der Waals surface area contributed by atoms with Crippen molar-refractivity contribution in [1.82, 2.24) is 5.32 Å². The van der Waals surface area contributed by atoms with E-state index in [1.807, 2.05) is 0 Å². The molecule has 2 N–H and O–H groups in total. The minimum Gasteiger partial charge on any atom is -0.508 e. The van der Waals surface area contributed by atoms with Gasteiger partial charge in [0.1, 0.15) is 11.5 Å². The Bertz CT molecular complexity index is 815. The average Bonchev–Trinajstić information content (AvgIpc) is 2.56. The summed E-state index contributed by atoms with van der Waals surface area (Å²) in [5.41, 5.74) is 0.0684. The van der Waals surface area contributed by atoms with Crippen molar-refractivity contribution in [2.24, 2.45) is 0 Å². The molecule has 0 fully saturated rings. The summed E-state index contributed by atoms with van der Waals surface area (Å²) >= 11 is 9.14. The molecule has 132 valence electrons. The van der Waals surface area contributed by atoms with Crippen LogP contribution in [0.1, 0.15) is 12.5 Å². The number of nitrogens with zero attached hydrogens (tertiary/aromatic N) is 1. The van der Waals surface area contributed by atoms with E-state index in [2.05, 4.69) is 21.2 Å². The summed E-state index contributed by atoms with van der Waals surface area (Å²) in [6.07, 6.45) is -0.821. The lowest BCUT2D eigenvalue weighted by Gasteiger charge is -2.16. The standard InChI is InChI=1S/C16H14BrClN2O5/c1-9(25-15-5-2-11(18)7-13(15)17)16(22)19-8-10-6-12(20(23)24)3-4-14(10)21/h2-7,9,21H,8H2,1H3,(H,19,22). The van der Waals surface area contributed by atoms with Gasteiger partial charge in [-0.2, -0.15) is 0 Å². The van der Waals surface area contributed by atoms with E-state index < -0.39 is 16.9 Å². The van der Waals surface area contributed by atoms with Gasteiger partial charge in [0.2, 0.25) is 0 Å². The van der Waals surface area contributed by atoms with Crippen molar-refractivity contribution in [3.05, 3.63) is 61.6 Å². The number of hydrogen-bond donors (Lipinski definition) is 2. The average molecular weight is 430 g/mol. The number of ether oxygens (including phenoxy) is 1. The third kappa shape index (κ3) is 5.07. The number of nitro benzene ring substituents is 1. The molecule has 0 aliphatic heterocycles. The number of carbonyl (C=O) groups excluding carboxylic acids is 1. The molecule has 0 aromatic heterocycles. The molecule has 0 spiro atoms. The minimum absolute atomic E-state index is 0.0676. The number of hydrogen-bond acceptors (Lipinski definition) is 5. The van der Waals surface area contributed by atoms with Crippen LogP contribution in [0.3, 0.4) is 0 Å². The van der Waals surface area contributed by atoms with E-state index in [4.69, 9.17) is 16.3 Å². The maximum Gasteiger partial charge on any atom is 0.270 e. The molecule has 1 atom stereocenters. The van der Waals surface area contributed by atoms with Gasteiger partial charge in [-0.25, -0.2) is 0 Å². The lowest BCUT2D eigenvalue weighted by molar-refractivity contribution is -0.384. The number of benzene rings is 2. The van der Waals surface area contributed by atoms with Gasteiger partial charge in [-0.15, -0.1) is 0 Å². The maximum atomic E-state index is 12.1. The molecule has 0 radical (unpaired) electrons. The zero-order valence-electron chi connectivity index (χ0n) is 13.0. The van der Waals surface area contributed by atoms with Crippen LogP contribution < -0.4 is 10.1 Å². The van der Waals surface area contributed by atoms with Gasteiger partial charge in [0.05, 0.1) is 9.40 Å². The smallest absolute Gasteiger partial charge is 0.270 e. The molecule has 0 aliphatic carbocycles. The van der Waals surface area contributed by atoms with Crippen molar-refractivity contribution in [3.63, 3.8) is 0 Å². The topological polar surface area (TPSA) is 102 Å². The normalized spacial score (nSPS) is 11.6. The number of rotatable bonds is 6. The van der Waals surface area contributed by atoms with Crippen LogP contribution in [-0.4, -0.2) is 22.0 Å². The van der Waals surface area contributed by atoms with E-state index in [9.17, 15) is 20.0 Å². The highest BCUT2D eigenvalue weighted by Crippen LogP contribution is 2.29. The van der Waals surface area contributed by atoms with E-state index >= 15 is 0 Å². The largest absolute Gasteiger partial charge is 0.508 e. The number of phenolic OH excluding ortho intramolecular Hbond substituents is 1. The second-order valence-corrected chi connectivity index (χ2v) is 6.41. The lowest BCUT2D eigenvalue weighted by Crippen LogP contribution is -2.36. The van der Waals surface area contributed by atoms with Gasteiger partial charge in [-0.05, 0) is 47.1 Å². The van der Waals surface area contributed by atoms with Gasteiger partial charge in [-0.1, -0.05) is 11.6 Å². The fourth-order valence-corrected chi connectivity index (χ4v) is 2.74. The third-order valence-electron chi connectivity index (χ3n) is 3.29. The first-order valence-electron chi connectivity index (χ1n) is 7.13. The van der Waals surface area contributed by atoms with Crippen molar-refractivity contribution >= 4 is 39.1 Å². The molecule has 2 aromatic rings. The number of halogens is 2. The molecule has 0 saturated carbocycles. The molecule has 0 aliphatic rings. The van der Waals surface area contributed by atoms with E-state index in [0.29, 0.717) is 15.2 Å². The number of carbonyl (C=O) groups is 1. The zero-order chi connectivity index (χ0) is 18.6. The fourth-order valence-electron chi connectivity index (χ4n) is 1.97. The lowest BCUT2D eigenvalue weighted by atomic mass is 10.1. The van der Waals surface area contributed by atoms with E-state index in [-0.39, 0.29) is 23.5 Å². The monoisotopic (exact) mass is 428 g/mol. The first-order chi connectivity index (χ1) is 11.8. The van der Waals surface area contributed by atoms with Crippen molar-refractivity contribution in [2.45, 2.75) is 19.6 Å². The van der Waals surface area contributed by atoms with Crippen LogP contribution in [0.5, 0.6) is 11.5 Å². The summed E-state index contributed by atoms with van der Waals surface area (Å²) < 4.78 is 6.16. The SMILES string of the molecule is CC(Oc1ccc(Cl)cc1Br)C(=O)NCc1cc([N+](=O)[O-])ccc1O. The molecular formula is C16H14BrClN2O5. The van der Waals surface area contributed by atoms with Crippen molar-refractivity contribution in [3.8, 4) is 11.5 Å². The number of phenols is 1. The van der Waals surface area contributed by atoms with Gasteiger partial charge >= 0.3 is 0 Å². The summed E-state index contributed by atoms with van der Waals surface area (Å²) in [6, 6.07) is 8.50. The Balaban J connectivity index is 2.00. The Labute approximate surface area is 156 Å². The van der Waals surface area contributed by atoms with Crippen LogP contribution in [0, 0.1) is 10.1 Å². The minimum atomic E-state index is -0.821. The zero-order valence-corrected chi connectivity index (χ0v) is 15.4. The van der Waals surface area contributed by atoms with E-state index in [1.165, 1.54) is 18.2 Å². The highest BCUT2D eigenvalue weighted by atomic mass is 79.9. The molecular weight excluding hydrogens is 416 g/mol. The summed E-state index contributed by atoms with van der Waals surface area (Å²) in [7, 11) is 0. The molecule has 1 unspecified atom stereocenters. The maximum absolute atomic E-state index is 12.1. The van der Waals surface area contributed by atoms with Crippen LogP contribution in [-0.2, 0) is 11.3 Å². The second kappa shape index (κ2) is 8.17. The molecule has 1 amide bonds. The molecule has 9 heteroatoms. The Hall–Kier alpha value is -2.32. The highest BCUT2D eigenvalue weighted by molar-refractivity contribution is 9.10. The number of non-ortho nitro benzene ring substituents is 1. The molecule has 0 bridgehead atoms. The van der Waals surface area contributed by atoms with Gasteiger partial charge in [0.15, 0.2) is 6.10 Å². The van der Waals surface area contributed by atoms with Crippen LogP contribution in [0.25, 0.3) is 0 Å². The Morgan fingerprint density at radius 3 is 2.76 bits per heavy atom. The van der Waals surface area contributed by atoms with Gasteiger partial charge in [0, 0.05) is 29.3 Å². The van der Waals surface area contributed by atoms with Gasteiger partial charge < -0.3 is 15.2 Å². The molecule has 25 heavy (non-hydrogen) atoms. The third-order valence-corrected chi connectivity index (χ3v) is 4.15. The summed E-state index contributed by atoms with van der Waals surface area (Å²) in [5.74, 6) is -0.127. The van der Waals surface area contributed by atoms with Crippen LogP contribution in [0.4, 0.5) is 5.69 Å². The number of nitrogens with one attached hydrogen (secondary N) is 1. The first-order valence-corrected chi connectivity index (χ1v) is 8.30. The number of aromatic hydroxyl groups is 1. The van der Waals surface area contributed by atoms with Crippen LogP contribution in [0.15, 0.2) is 40.9 Å². The highest BCUT2D eigenvalue weighted by Gasteiger charge is 2.17. The summed E-state index contributed by atoms with van der Waals surface area (Å²) in [4.78, 5) is 22.3. The van der Waals surface area contributed by atoms with Gasteiger partial charge in [-0.3, -0.25) is 14.9 Å². The summed E-state index contributed by atoms with van der Waals surface area (Å²) in [6.45, 7) is 1.49. The number of nitro groups is 1. The molecule has 7 nitrogen and oxygen atoms in total. The first kappa shape index (κ1) is 19.0. The Morgan fingerprint density at radius 1 is 1.40 bits per heavy atom. The Morgan fingerprint density at radius 2 is 2.12 bits per heavy atom. The Kier molecular flexibility index (Phi) is 6.22. The van der Waals surface area contributed by atoms with Crippen molar-refractivity contribution < 1.29 is 19.6 Å². The van der Waals surface area contributed by atoms with E-state index in [0.717, 1.165) is 0 Å². The predicted octanol–water partition coefficient (Wildman–Crippen LogP) is 3.80. The second-order valence-electron chi connectivity index (χ2n) is 5.12. The number of amides is 1. The van der Waals surface area contributed by atoms with E-state index in [1.54, 1.807) is 25.1 Å². The predicted molar refractivity (Wildman–Crippen MR) is 95.8 cm³/mol. The molecule has 0 heterocycles.